The summed E-state index contributed by atoms with van der Waals surface area (Å²) in [5.74, 6) is 0.593. The molecular weight excluding hydrogens is 890 g/mol. The summed E-state index contributed by atoms with van der Waals surface area (Å²) in [6.45, 7) is 28.8. The maximum absolute atomic E-state index is 12.4. The van der Waals surface area contributed by atoms with Crippen molar-refractivity contribution in [2.45, 2.75) is 168 Å². The third-order valence-corrected chi connectivity index (χ3v) is 9.61. The molecule has 4 rings (SSSR count). The van der Waals surface area contributed by atoms with Crippen molar-refractivity contribution in [2.24, 2.45) is 25.9 Å². The summed E-state index contributed by atoms with van der Waals surface area (Å²) >= 11 is 4.24. The standard InChI is InChI=1S/C18H25NO2.C11H15NO2.C7H12O.4C2H6.I2/c1-12-13(2)17(18(21)19(4)14(12)3)16(20)11-10-15-8-6-5-7-9-15;1-6-7(2)10(9(4)13)11(14)12(5)8(6)3;8-6-7-4-2-1-3-5-7;5*1-2/h10-11,15H,5-9H2,1-4H3;1-5H3;6-7H,1-5H2;4*1-2H3;/b11-10+;;;;;;;. The van der Waals surface area contributed by atoms with Gasteiger partial charge in [0, 0.05) is 68.6 Å². The lowest BCUT2D eigenvalue weighted by atomic mass is 9.88. The fourth-order valence-corrected chi connectivity index (χ4v) is 5.99. The molecule has 0 saturated heterocycles. The molecule has 0 aliphatic heterocycles. The van der Waals surface area contributed by atoms with Gasteiger partial charge in [-0.05, 0) is 108 Å². The van der Waals surface area contributed by atoms with Gasteiger partial charge < -0.3 is 13.9 Å². The SMILES string of the molecule is CC.CC.CC.CC.CC(=O)c1c(C)c(C)c(C)n(C)c1=O.Cc1c(C)c(C)n(C)c(=O)c1C(=O)/C=C/C1CCCCC1.II.O=CC1CCCCC1. The topological polar surface area (TPSA) is 95.2 Å². The predicted molar refractivity (Wildman–Crippen MR) is 248 cm³/mol. The molecule has 0 bridgehead atoms. The lowest BCUT2D eigenvalue weighted by Crippen LogP contribution is -2.28. The van der Waals surface area contributed by atoms with Gasteiger partial charge in [0.05, 0.1) is 11.1 Å². The number of nitrogens with zero attached hydrogens (tertiary/aromatic N) is 2. The van der Waals surface area contributed by atoms with Gasteiger partial charge in [0.1, 0.15) is 6.29 Å². The van der Waals surface area contributed by atoms with Crippen LogP contribution in [0.4, 0.5) is 0 Å². The summed E-state index contributed by atoms with van der Waals surface area (Å²) in [6, 6.07) is 0. The average Bonchev–Trinajstić information content (AvgIpc) is 3.22. The Morgan fingerprint density at radius 1 is 0.566 bits per heavy atom. The maximum Gasteiger partial charge on any atom is 0.261 e. The summed E-state index contributed by atoms with van der Waals surface area (Å²) in [6.07, 6.45) is 17.0. The van der Waals surface area contributed by atoms with Crippen LogP contribution in [0.15, 0.2) is 21.7 Å². The monoisotopic (exact) mass is 966 g/mol. The molecule has 2 saturated carbocycles. The molecule has 2 fully saturated rings. The van der Waals surface area contributed by atoms with E-state index in [-0.39, 0.29) is 22.7 Å². The largest absolute Gasteiger partial charge is 0.315 e. The Balaban J connectivity index is -0.000000324. The number of allylic oxidation sites excluding steroid dienone is 2. The van der Waals surface area contributed by atoms with Gasteiger partial charge in [0.15, 0.2) is 11.6 Å². The first-order valence-electron chi connectivity index (χ1n) is 19.9. The van der Waals surface area contributed by atoms with Gasteiger partial charge in [-0.15, -0.1) is 0 Å². The molecule has 53 heavy (non-hydrogen) atoms. The van der Waals surface area contributed by atoms with Gasteiger partial charge in [-0.25, -0.2) is 0 Å². The molecule has 0 unspecified atom stereocenters. The number of ketones is 2. The van der Waals surface area contributed by atoms with Crippen LogP contribution in [-0.4, -0.2) is 27.0 Å². The average molecular weight is 967 g/mol. The minimum absolute atomic E-state index is 0.151. The molecule has 9 heteroatoms. The summed E-state index contributed by atoms with van der Waals surface area (Å²) in [5, 5.41) is 0. The summed E-state index contributed by atoms with van der Waals surface area (Å²) in [7, 11) is 3.42. The van der Waals surface area contributed by atoms with Crippen molar-refractivity contribution in [3.05, 3.63) is 77.6 Å². The van der Waals surface area contributed by atoms with Gasteiger partial charge in [0.25, 0.3) is 11.1 Å². The van der Waals surface area contributed by atoms with Gasteiger partial charge in [-0.1, -0.05) is 100.0 Å². The molecule has 0 atom stereocenters. The van der Waals surface area contributed by atoms with E-state index in [1.54, 1.807) is 24.7 Å². The van der Waals surface area contributed by atoms with E-state index >= 15 is 0 Å². The summed E-state index contributed by atoms with van der Waals surface area (Å²) < 4.78 is 3.10. The van der Waals surface area contributed by atoms with Crippen LogP contribution in [0.5, 0.6) is 0 Å². The van der Waals surface area contributed by atoms with Crippen molar-refractivity contribution in [3.63, 3.8) is 0 Å². The summed E-state index contributed by atoms with van der Waals surface area (Å²) in [5.41, 5.74) is 5.74. The smallest absolute Gasteiger partial charge is 0.261 e. The fraction of sp³-hybridized carbons (Fsp3) is 0.659. The highest BCUT2D eigenvalue weighted by Gasteiger charge is 2.18. The number of carbonyl (C=O) groups is 3. The van der Waals surface area contributed by atoms with Crippen molar-refractivity contribution in [2.75, 3.05) is 0 Å². The third kappa shape index (κ3) is 19.5. The number of aromatic nitrogens is 2. The van der Waals surface area contributed by atoms with Gasteiger partial charge in [-0.3, -0.25) is 19.2 Å². The fourth-order valence-electron chi connectivity index (χ4n) is 5.99. The zero-order valence-electron chi connectivity index (χ0n) is 36.6. The van der Waals surface area contributed by atoms with E-state index in [2.05, 4.69) is 37.2 Å². The van der Waals surface area contributed by atoms with E-state index in [9.17, 15) is 24.0 Å². The van der Waals surface area contributed by atoms with Crippen molar-refractivity contribution in [1.82, 2.24) is 9.13 Å². The number of hydrogen-bond donors (Lipinski definition) is 0. The highest BCUT2D eigenvalue weighted by atomic mass is 128. The first-order valence-corrected chi connectivity index (χ1v) is 26.2. The van der Waals surface area contributed by atoms with E-state index in [1.165, 1.54) is 50.0 Å². The second-order valence-electron chi connectivity index (χ2n) is 12.4. The van der Waals surface area contributed by atoms with E-state index in [0.29, 0.717) is 23.0 Å². The number of hydrogen-bond acceptors (Lipinski definition) is 5. The Kier molecular flexibility index (Phi) is 37.7. The second-order valence-corrected chi connectivity index (χ2v) is 12.4. The molecule has 2 aromatic rings. The molecule has 2 aliphatic carbocycles. The second kappa shape index (κ2) is 34.6. The Morgan fingerprint density at radius 2 is 0.887 bits per heavy atom. The quantitative estimate of drug-likeness (QED) is 0.129. The third-order valence-electron chi connectivity index (χ3n) is 9.61. The minimum Gasteiger partial charge on any atom is -0.315 e. The molecular formula is C44H76I2N2O5. The molecule has 0 N–H and O–H groups in total. The van der Waals surface area contributed by atoms with Gasteiger partial charge in [-0.2, -0.15) is 0 Å². The first-order chi connectivity index (χ1) is 25.2. The number of carbonyl (C=O) groups excluding carboxylic acids is 3. The normalized spacial score (nSPS) is 13.3. The zero-order valence-corrected chi connectivity index (χ0v) is 41.0. The van der Waals surface area contributed by atoms with E-state index < -0.39 is 0 Å². The highest BCUT2D eigenvalue weighted by Crippen LogP contribution is 2.25. The van der Waals surface area contributed by atoms with Crippen LogP contribution in [0.25, 0.3) is 0 Å². The predicted octanol–water partition coefficient (Wildman–Crippen LogP) is 12.8. The number of Topliss-reactive ketones (excluding diaryl/α,β-unsaturated/α-hetero) is 1. The van der Waals surface area contributed by atoms with Crippen molar-refractivity contribution in [3.8, 4) is 0 Å². The maximum atomic E-state index is 12.4. The van der Waals surface area contributed by atoms with Crippen molar-refractivity contribution < 1.29 is 14.4 Å². The molecule has 306 valence electrons. The number of rotatable bonds is 5. The van der Waals surface area contributed by atoms with Crippen LogP contribution in [0.3, 0.4) is 0 Å². The van der Waals surface area contributed by atoms with Crippen molar-refractivity contribution >= 4 is 55.1 Å². The molecule has 0 aromatic carbocycles. The number of aldehydes is 1. The number of halogens is 2. The Bertz CT molecular complexity index is 1480. The molecule has 2 aliphatic rings. The van der Waals surface area contributed by atoms with Crippen LogP contribution in [0.2, 0.25) is 0 Å². The van der Waals surface area contributed by atoms with Crippen LogP contribution in [-0.2, 0) is 18.9 Å². The lowest BCUT2D eigenvalue weighted by Gasteiger charge is -2.17. The molecule has 2 heterocycles. The molecule has 0 radical (unpaired) electrons. The van der Waals surface area contributed by atoms with Crippen LogP contribution < -0.4 is 11.1 Å². The Labute approximate surface area is 347 Å². The van der Waals surface area contributed by atoms with Crippen molar-refractivity contribution in [1.29, 1.82) is 0 Å². The highest BCUT2D eigenvalue weighted by molar-refractivity contribution is 15.0. The van der Waals surface area contributed by atoms with Gasteiger partial charge in [0.2, 0.25) is 0 Å². The van der Waals surface area contributed by atoms with Crippen LogP contribution in [0.1, 0.15) is 181 Å². The first kappa shape index (κ1) is 57.8. The molecule has 0 spiro atoms. The van der Waals surface area contributed by atoms with Gasteiger partial charge >= 0.3 is 0 Å². The lowest BCUT2D eigenvalue weighted by molar-refractivity contribution is -0.111. The van der Waals surface area contributed by atoms with E-state index in [4.69, 9.17) is 0 Å². The van der Waals surface area contributed by atoms with Crippen LogP contribution >= 0.6 is 37.2 Å². The van der Waals surface area contributed by atoms with E-state index in [1.807, 2.05) is 103 Å². The Hall–Kier alpha value is -1.89. The summed E-state index contributed by atoms with van der Waals surface area (Å²) in [4.78, 5) is 58.0. The molecule has 0 amide bonds. The Morgan fingerprint density at radius 3 is 1.21 bits per heavy atom. The van der Waals surface area contributed by atoms with Crippen LogP contribution in [0, 0.1) is 53.4 Å². The molecule has 7 nitrogen and oxygen atoms in total. The minimum atomic E-state index is -0.196. The molecule has 2 aromatic heterocycles. The number of pyridine rings is 2. The van der Waals surface area contributed by atoms with E-state index in [0.717, 1.165) is 65.6 Å². The zero-order chi connectivity index (χ0) is 42.4.